The molecule has 2 heterocycles. The van der Waals surface area contributed by atoms with E-state index in [-0.39, 0.29) is 5.54 Å². The van der Waals surface area contributed by atoms with Gasteiger partial charge in [0, 0.05) is 11.9 Å². The summed E-state index contributed by atoms with van der Waals surface area (Å²) < 4.78 is 15.1. The third kappa shape index (κ3) is 1.44. The second kappa shape index (κ2) is 2.92. The van der Waals surface area contributed by atoms with Crippen LogP contribution in [0.2, 0.25) is 0 Å². The fourth-order valence-electron chi connectivity index (χ4n) is 1.49. The van der Waals surface area contributed by atoms with Crippen LogP contribution in [0.3, 0.4) is 0 Å². The van der Waals surface area contributed by atoms with E-state index < -0.39 is 5.95 Å². The highest BCUT2D eigenvalue weighted by Crippen LogP contribution is 2.26. The first-order chi connectivity index (χ1) is 6.91. The number of nitrogens with two attached hydrogens (primary N) is 1. The molecule has 0 spiro atoms. The van der Waals surface area contributed by atoms with Crippen LogP contribution in [0, 0.1) is 5.95 Å². The van der Waals surface area contributed by atoms with E-state index in [1.807, 2.05) is 20.8 Å². The van der Waals surface area contributed by atoms with E-state index in [4.69, 9.17) is 5.73 Å². The molecule has 15 heavy (non-hydrogen) atoms. The van der Waals surface area contributed by atoms with Gasteiger partial charge >= 0.3 is 0 Å². The maximum absolute atomic E-state index is 13.5. The molecule has 0 aliphatic rings. The third-order valence-electron chi connectivity index (χ3n) is 2.19. The minimum atomic E-state index is -0.564. The predicted octanol–water partition coefficient (Wildman–Crippen LogP) is 1.91. The van der Waals surface area contributed by atoms with Crippen LogP contribution in [0.25, 0.3) is 11.0 Å². The number of aromatic nitrogens is 3. The Bertz CT molecular complexity index is 510. The molecule has 2 N–H and O–H groups in total. The molecule has 80 valence electrons. The number of anilines is 1. The molecule has 0 unspecified atom stereocenters. The number of rotatable bonds is 0. The number of nitrogens with zero attached hydrogens (tertiary/aromatic N) is 3. The van der Waals surface area contributed by atoms with Crippen molar-refractivity contribution in [3.8, 4) is 0 Å². The zero-order valence-electron chi connectivity index (χ0n) is 8.95. The molecule has 0 saturated carbocycles. The Morgan fingerprint density at radius 3 is 2.67 bits per heavy atom. The van der Waals surface area contributed by atoms with Gasteiger partial charge in [0.15, 0.2) is 5.65 Å². The maximum atomic E-state index is 13.5. The highest BCUT2D eigenvalue weighted by Gasteiger charge is 2.22. The van der Waals surface area contributed by atoms with Crippen molar-refractivity contribution in [3.63, 3.8) is 0 Å². The van der Waals surface area contributed by atoms with Crippen molar-refractivity contribution in [2.75, 3.05) is 5.73 Å². The van der Waals surface area contributed by atoms with Crippen molar-refractivity contribution in [2.24, 2.45) is 0 Å². The second-order valence-corrected chi connectivity index (χ2v) is 4.47. The van der Waals surface area contributed by atoms with Gasteiger partial charge in [0.25, 0.3) is 0 Å². The molecule has 0 aromatic carbocycles. The van der Waals surface area contributed by atoms with E-state index in [1.54, 1.807) is 16.9 Å². The standard InChI is InChI=1S/C10H13FN4/c1-10(2,3)15-9-7(8(11)14-15)6(12)4-5-13-9/h4-5H,1-3H3,(H2,12,13). The SMILES string of the molecule is CC(C)(C)n1nc(F)c2c(N)ccnc21. The molecule has 2 rings (SSSR count). The van der Waals surface area contributed by atoms with Crippen molar-refractivity contribution in [3.05, 3.63) is 18.2 Å². The fourth-order valence-corrected chi connectivity index (χ4v) is 1.49. The van der Waals surface area contributed by atoms with E-state index in [1.165, 1.54) is 0 Å². The fraction of sp³-hybridized carbons (Fsp3) is 0.400. The van der Waals surface area contributed by atoms with E-state index >= 15 is 0 Å². The Morgan fingerprint density at radius 2 is 2.07 bits per heavy atom. The van der Waals surface area contributed by atoms with E-state index in [2.05, 4.69) is 10.1 Å². The third-order valence-corrected chi connectivity index (χ3v) is 2.19. The highest BCUT2D eigenvalue weighted by molar-refractivity contribution is 5.87. The molecule has 0 radical (unpaired) electrons. The lowest BCUT2D eigenvalue weighted by molar-refractivity contribution is 0.351. The number of halogens is 1. The summed E-state index contributed by atoms with van der Waals surface area (Å²) in [5.74, 6) is -0.564. The normalized spacial score (nSPS) is 12.3. The molecular weight excluding hydrogens is 195 g/mol. The largest absolute Gasteiger partial charge is 0.398 e. The first kappa shape index (κ1) is 9.89. The quantitative estimate of drug-likeness (QED) is 0.719. The lowest BCUT2D eigenvalue weighted by Gasteiger charge is -2.19. The molecule has 0 bridgehead atoms. The molecule has 2 aromatic rings. The molecule has 0 aliphatic heterocycles. The van der Waals surface area contributed by atoms with Crippen LogP contribution in [0.15, 0.2) is 12.3 Å². The summed E-state index contributed by atoms with van der Waals surface area (Å²) in [6.07, 6.45) is 1.56. The topological polar surface area (TPSA) is 56.7 Å². The van der Waals surface area contributed by atoms with Gasteiger partial charge in [-0.15, -0.1) is 5.10 Å². The van der Waals surface area contributed by atoms with Crippen molar-refractivity contribution in [1.82, 2.24) is 14.8 Å². The number of fused-ring (bicyclic) bond motifs is 1. The van der Waals surface area contributed by atoms with Crippen molar-refractivity contribution in [1.29, 1.82) is 0 Å². The summed E-state index contributed by atoms with van der Waals surface area (Å²) in [6.45, 7) is 5.80. The molecule has 0 fully saturated rings. The molecule has 2 aromatic heterocycles. The Kier molecular flexibility index (Phi) is 1.92. The van der Waals surface area contributed by atoms with Crippen LogP contribution >= 0.6 is 0 Å². The van der Waals surface area contributed by atoms with Gasteiger partial charge in [0.05, 0.1) is 10.9 Å². The zero-order valence-corrected chi connectivity index (χ0v) is 8.95. The van der Waals surface area contributed by atoms with Crippen LogP contribution in [0.1, 0.15) is 20.8 Å². The minimum Gasteiger partial charge on any atom is -0.398 e. The van der Waals surface area contributed by atoms with Crippen molar-refractivity contribution >= 4 is 16.7 Å². The van der Waals surface area contributed by atoms with E-state index in [0.29, 0.717) is 16.7 Å². The van der Waals surface area contributed by atoms with Gasteiger partial charge in [-0.25, -0.2) is 9.67 Å². The summed E-state index contributed by atoms with van der Waals surface area (Å²) in [5, 5.41) is 4.13. The van der Waals surface area contributed by atoms with Crippen LogP contribution < -0.4 is 5.73 Å². The maximum Gasteiger partial charge on any atom is 0.244 e. The first-order valence-corrected chi connectivity index (χ1v) is 4.70. The van der Waals surface area contributed by atoms with Gasteiger partial charge in [-0.05, 0) is 26.8 Å². The molecule has 4 nitrogen and oxygen atoms in total. The van der Waals surface area contributed by atoms with Crippen molar-refractivity contribution < 1.29 is 4.39 Å². The Morgan fingerprint density at radius 1 is 1.40 bits per heavy atom. The molecule has 5 heteroatoms. The molecule has 0 atom stereocenters. The van der Waals surface area contributed by atoms with Gasteiger partial charge in [-0.2, -0.15) is 4.39 Å². The highest BCUT2D eigenvalue weighted by atomic mass is 19.1. The van der Waals surface area contributed by atoms with E-state index in [9.17, 15) is 4.39 Å². The number of pyridine rings is 1. The summed E-state index contributed by atoms with van der Waals surface area (Å²) in [5.41, 5.74) is 6.22. The summed E-state index contributed by atoms with van der Waals surface area (Å²) >= 11 is 0. The summed E-state index contributed by atoms with van der Waals surface area (Å²) in [7, 11) is 0. The van der Waals surface area contributed by atoms with E-state index in [0.717, 1.165) is 0 Å². The summed E-state index contributed by atoms with van der Waals surface area (Å²) in [4.78, 5) is 4.11. The van der Waals surface area contributed by atoms with Crippen LogP contribution in [0.5, 0.6) is 0 Å². The Balaban J connectivity index is 2.85. The molecule has 0 saturated heterocycles. The molecule has 0 aliphatic carbocycles. The van der Waals surface area contributed by atoms with Gasteiger partial charge in [0.1, 0.15) is 0 Å². The van der Waals surface area contributed by atoms with Crippen LogP contribution in [-0.2, 0) is 5.54 Å². The van der Waals surface area contributed by atoms with Crippen LogP contribution in [-0.4, -0.2) is 14.8 Å². The average molecular weight is 208 g/mol. The Hall–Kier alpha value is -1.65. The Labute approximate surface area is 86.9 Å². The van der Waals surface area contributed by atoms with Gasteiger partial charge in [0.2, 0.25) is 5.95 Å². The predicted molar refractivity (Wildman–Crippen MR) is 56.9 cm³/mol. The number of hydrogen-bond acceptors (Lipinski definition) is 3. The monoisotopic (exact) mass is 208 g/mol. The first-order valence-electron chi connectivity index (χ1n) is 4.70. The van der Waals surface area contributed by atoms with Gasteiger partial charge in [-0.3, -0.25) is 0 Å². The average Bonchev–Trinajstić information content (AvgIpc) is 2.44. The van der Waals surface area contributed by atoms with Gasteiger partial charge < -0.3 is 5.73 Å². The molecular formula is C10H13FN4. The summed E-state index contributed by atoms with van der Waals surface area (Å²) in [6, 6.07) is 1.57. The van der Waals surface area contributed by atoms with Crippen molar-refractivity contribution in [2.45, 2.75) is 26.3 Å². The van der Waals surface area contributed by atoms with Gasteiger partial charge in [-0.1, -0.05) is 0 Å². The lowest BCUT2D eigenvalue weighted by atomic mass is 10.1. The van der Waals surface area contributed by atoms with Crippen LogP contribution in [0.4, 0.5) is 10.1 Å². The second-order valence-electron chi connectivity index (χ2n) is 4.47. The minimum absolute atomic E-state index is 0.299. The number of nitrogen functional groups attached to an aromatic ring is 1. The lowest BCUT2D eigenvalue weighted by Crippen LogP contribution is -2.23. The zero-order chi connectivity index (χ0) is 11.2. The number of hydrogen-bond donors (Lipinski definition) is 1. The smallest absolute Gasteiger partial charge is 0.244 e. The molecule has 0 amide bonds.